The van der Waals surface area contributed by atoms with Gasteiger partial charge < -0.3 is 14.9 Å². The number of nitrogens with zero attached hydrogens (tertiary/aromatic N) is 3. The molecule has 3 aromatic carbocycles. The molecule has 2 aliphatic rings. The van der Waals surface area contributed by atoms with E-state index >= 15 is 0 Å². The Morgan fingerprint density at radius 3 is 2.29 bits per heavy atom. The van der Waals surface area contributed by atoms with Crippen molar-refractivity contribution >= 4 is 34.8 Å². The molecule has 2 aliphatic heterocycles. The quantitative estimate of drug-likeness (QED) is 0.207. The summed E-state index contributed by atoms with van der Waals surface area (Å²) in [6.07, 6.45) is -0.324. The molecule has 4 atom stereocenters. The van der Waals surface area contributed by atoms with Crippen LogP contribution in [0, 0.1) is 32.1 Å². The number of anilines is 1. The standard InChI is InChI=1S/C27H22N4O10/c1-41-20-11-15(7-10-19(20)32)23-21-22(25(34)29(24(21)33)17-3-2-4-18(12-17)31(39)40)27(28-23,26(35)36)13-14-5-8-16(9-6-14)30(37)38/h2-12,21-23,28,32H,13H2,1H3,(H,35,36). The molecule has 0 radical (unpaired) electrons. The Morgan fingerprint density at radius 2 is 1.68 bits per heavy atom. The fourth-order valence-corrected chi connectivity index (χ4v) is 5.67. The topological polar surface area (TPSA) is 202 Å². The van der Waals surface area contributed by atoms with E-state index < -0.39 is 51.0 Å². The zero-order valence-electron chi connectivity index (χ0n) is 21.3. The van der Waals surface area contributed by atoms with Gasteiger partial charge in [0, 0.05) is 36.7 Å². The Labute approximate surface area is 231 Å². The molecular formula is C27H22N4O10. The van der Waals surface area contributed by atoms with E-state index in [0.717, 1.165) is 11.0 Å². The highest BCUT2D eigenvalue weighted by Crippen LogP contribution is 2.51. The highest BCUT2D eigenvalue weighted by atomic mass is 16.6. The molecule has 3 N–H and O–H groups in total. The zero-order valence-corrected chi connectivity index (χ0v) is 21.3. The third-order valence-corrected chi connectivity index (χ3v) is 7.53. The van der Waals surface area contributed by atoms with Crippen LogP contribution in [0.3, 0.4) is 0 Å². The molecule has 4 unspecified atom stereocenters. The molecule has 0 bridgehead atoms. The molecule has 14 heteroatoms. The maximum absolute atomic E-state index is 14.0. The number of rotatable bonds is 8. The number of hydrogen-bond donors (Lipinski definition) is 3. The molecule has 3 aromatic rings. The first-order valence-electron chi connectivity index (χ1n) is 12.2. The van der Waals surface area contributed by atoms with Crippen LogP contribution in [0.4, 0.5) is 17.1 Å². The molecule has 2 saturated heterocycles. The number of carboxylic acids is 1. The van der Waals surface area contributed by atoms with E-state index in [2.05, 4.69) is 5.32 Å². The summed E-state index contributed by atoms with van der Waals surface area (Å²) in [5, 5.41) is 46.2. The van der Waals surface area contributed by atoms with Gasteiger partial charge in [0.25, 0.3) is 11.4 Å². The number of phenolic OH excluding ortho intramolecular Hbond substituents is 1. The highest BCUT2D eigenvalue weighted by Gasteiger charge is 2.68. The largest absolute Gasteiger partial charge is 0.504 e. The van der Waals surface area contributed by atoms with Crippen LogP contribution in [0.15, 0.2) is 66.7 Å². The van der Waals surface area contributed by atoms with Crippen molar-refractivity contribution in [2.45, 2.75) is 18.0 Å². The SMILES string of the molecule is COc1cc(C2NC(Cc3ccc([N+](=O)[O-])cc3)(C(=O)O)C3C(=O)N(c4cccc([N+](=O)[O-])c4)C(=O)C23)ccc1O. The van der Waals surface area contributed by atoms with Crippen LogP contribution in [-0.2, 0) is 20.8 Å². The highest BCUT2D eigenvalue weighted by molar-refractivity contribution is 6.24. The Hall–Kier alpha value is -5.37. The van der Waals surface area contributed by atoms with E-state index in [-0.39, 0.29) is 35.0 Å². The third-order valence-electron chi connectivity index (χ3n) is 7.53. The minimum atomic E-state index is -2.06. The van der Waals surface area contributed by atoms with Crippen LogP contribution in [0.5, 0.6) is 11.5 Å². The predicted octanol–water partition coefficient (Wildman–Crippen LogP) is 2.73. The van der Waals surface area contributed by atoms with Crippen molar-refractivity contribution < 1.29 is 39.2 Å². The van der Waals surface area contributed by atoms with Gasteiger partial charge in [0.2, 0.25) is 11.8 Å². The number of ether oxygens (including phenoxy) is 1. The van der Waals surface area contributed by atoms with Crippen molar-refractivity contribution in [2.75, 3.05) is 12.0 Å². The van der Waals surface area contributed by atoms with Crippen molar-refractivity contribution in [1.29, 1.82) is 0 Å². The van der Waals surface area contributed by atoms with Gasteiger partial charge >= 0.3 is 5.97 Å². The van der Waals surface area contributed by atoms with Crippen LogP contribution in [-0.4, -0.2) is 50.5 Å². The number of phenols is 1. The lowest BCUT2D eigenvalue weighted by molar-refractivity contribution is -0.385. The minimum absolute atomic E-state index is 0.0522. The Bertz CT molecular complexity index is 1610. The molecule has 0 aromatic heterocycles. The summed E-state index contributed by atoms with van der Waals surface area (Å²) in [5.74, 6) is -5.95. The maximum Gasteiger partial charge on any atom is 0.325 e. The number of hydrogen-bond acceptors (Lipinski definition) is 10. The van der Waals surface area contributed by atoms with Gasteiger partial charge in [-0.25, -0.2) is 4.90 Å². The lowest BCUT2D eigenvalue weighted by Gasteiger charge is -2.31. The number of carbonyl (C=O) groups excluding carboxylic acids is 2. The zero-order chi connectivity index (χ0) is 29.6. The van der Waals surface area contributed by atoms with Crippen molar-refractivity contribution in [3.05, 3.63) is 98.1 Å². The monoisotopic (exact) mass is 562 g/mol. The molecule has 2 fully saturated rings. The van der Waals surface area contributed by atoms with Crippen LogP contribution in [0.2, 0.25) is 0 Å². The van der Waals surface area contributed by atoms with Gasteiger partial charge in [-0.3, -0.25) is 39.9 Å². The van der Waals surface area contributed by atoms with Crippen LogP contribution in [0.25, 0.3) is 0 Å². The van der Waals surface area contributed by atoms with E-state index in [1.807, 2.05) is 0 Å². The molecule has 0 aliphatic carbocycles. The lowest BCUT2D eigenvalue weighted by Crippen LogP contribution is -2.57. The van der Waals surface area contributed by atoms with Gasteiger partial charge in [-0.2, -0.15) is 0 Å². The Morgan fingerprint density at radius 1 is 1.00 bits per heavy atom. The summed E-state index contributed by atoms with van der Waals surface area (Å²) < 4.78 is 5.18. The van der Waals surface area contributed by atoms with E-state index in [4.69, 9.17) is 4.74 Å². The maximum atomic E-state index is 14.0. The fourth-order valence-electron chi connectivity index (χ4n) is 5.67. The van der Waals surface area contributed by atoms with Gasteiger partial charge in [-0.05, 0) is 29.3 Å². The number of amides is 2. The number of fused-ring (bicyclic) bond motifs is 1. The van der Waals surface area contributed by atoms with E-state index in [9.17, 15) is 44.8 Å². The smallest absolute Gasteiger partial charge is 0.325 e. The summed E-state index contributed by atoms with van der Waals surface area (Å²) in [4.78, 5) is 62.9. The first-order chi connectivity index (χ1) is 19.5. The number of methoxy groups -OCH3 is 1. The summed E-state index contributed by atoms with van der Waals surface area (Å²) in [5.41, 5.74) is -2.02. The number of non-ortho nitro benzene ring substituents is 2. The number of benzene rings is 3. The van der Waals surface area contributed by atoms with Gasteiger partial charge in [0.1, 0.15) is 5.54 Å². The number of carboxylic acid groups (broad SMARTS) is 1. The van der Waals surface area contributed by atoms with Gasteiger partial charge in [-0.15, -0.1) is 0 Å². The average molecular weight is 562 g/mol. The first kappa shape index (κ1) is 27.2. The van der Waals surface area contributed by atoms with Crippen LogP contribution in [0.1, 0.15) is 17.2 Å². The van der Waals surface area contributed by atoms with E-state index in [1.165, 1.54) is 67.8 Å². The van der Waals surface area contributed by atoms with Crippen LogP contribution < -0.4 is 15.0 Å². The van der Waals surface area contributed by atoms with Gasteiger partial charge in [0.05, 0.1) is 34.5 Å². The van der Waals surface area contributed by atoms with Crippen molar-refractivity contribution in [1.82, 2.24) is 5.32 Å². The first-order valence-corrected chi connectivity index (χ1v) is 12.2. The Balaban J connectivity index is 1.66. The van der Waals surface area contributed by atoms with E-state index in [0.29, 0.717) is 11.1 Å². The number of nitrogens with one attached hydrogen (secondary N) is 1. The van der Waals surface area contributed by atoms with Gasteiger partial charge in [-0.1, -0.05) is 24.3 Å². The molecule has 0 spiro atoms. The number of imide groups is 1. The van der Waals surface area contributed by atoms with Crippen LogP contribution >= 0.6 is 0 Å². The predicted molar refractivity (Wildman–Crippen MR) is 140 cm³/mol. The summed E-state index contributed by atoms with van der Waals surface area (Å²) in [7, 11) is 1.31. The van der Waals surface area contributed by atoms with E-state index in [1.54, 1.807) is 0 Å². The molecule has 2 heterocycles. The third kappa shape index (κ3) is 4.39. The second-order valence-electron chi connectivity index (χ2n) is 9.72. The normalized spacial score (nSPS) is 23.3. The van der Waals surface area contributed by atoms with Crippen molar-refractivity contribution in [3.8, 4) is 11.5 Å². The Kier molecular flexibility index (Phi) is 6.63. The number of nitro groups is 2. The summed E-state index contributed by atoms with van der Waals surface area (Å²) in [6, 6.07) is 13.2. The molecule has 41 heavy (non-hydrogen) atoms. The van der Waals surface area contributed by atoms with Crippen molar-refractivity contribution in [3.63, 3.8) is 0 Å². The number of aliphatic carboxylic acids is 1. The lowest BCUT2D eigenvalue weighted by atomic mass is 9.76. The summed E-state index contributed by atoms with van der Waals surface area (Å²) >= 11 is 0. The number of aromatic hydroxyl groups is 1. The number of carbonyl (C=O) groups is 3. The molecule has 14 nitrogen and oxygen atoms in total. The second-order valence-corrected chi connectivity index (χ2v) is 9.72. The number of nitro benzene ring substituents is 2. The summed E-state index contributed by atoms with van der Waals surface area (Å²) in [6.45, 7) is 0. The molecular weight excluding hydrogens is 540 g/mol. The fraction of sp³-hybridized carbons (Fsp3) is 0.222. The minimum Gasteiger partial charge on any atom is -0.504 e. The molecule has 210 valence electrons. The average Bonchev–Trinajstić information content (AvgIpc) is 3.43. The van der Waals surface area contributed by atoms with Gasteiger partial charge in [0.15, 0.2) is 11.5 Å². The second kappa shape index (κ2) is 9.98. The molecule has 2 amide bonds. The van der Waals surface area contributed by atoms with Crippen molar-refractivity contribution in [2.24, 2.45) is 11.8 Å². The molecule has 0 saturated carbocycles. The molecule has 5 rings (SSSR count).